The second kappa shape index (κ2) is 12.5. The van der Waals surface area contributed by atoms with Gasteiger partial charge in [-0.1, -0.05) is 62.3 Å². The molecular weight excluding hydrogens is 404 g/mol. The zero-order chi connectivity index (χ0) is 19.5. The minimum atomic E-state index is -1.28. The lowest BCUT2D eigenvalue weighted by Gasteiger charge is -2.23. The van der Waals surface area contributed by atoms with E-state index in [9.17, 15) is 14.4 Å². The first kappa shape index (κ1) is 24.1. The van der Waals surface area contributed by atoms with Crippen molar-refractivity contribution in [1.29, 1.82) is 0 Å². The first-order chi connectivity index (χ1) is 11.6. The largest absolute Gasteiger partial charge is 0.464 e. The van der Waals surface area contributed by atoms with Crippen LogP contribution >= 0.6 is 15.9 Å². The summed E-state index contributed by atoms with van der Waals surface area (Å²) in [5.74, 6) is -0.981. The first-order valence-corrected chi connectivity index (χ1v) is 13.8. The van der Waals surface area contributed by atoms with Crippen LogP contribution in [-0.4, -0.2) is 49.9 Å². The lowest BCUT2D eigenvalue weighted by Crippen LogP contribution is -2.52. The summed E-state index contributed by atoms with van der Waals surface area (Å²) in [7, 11) is -1.28. The summed E-state index contributed by atoms with van der Waals surface area (Å²) in [6, 6.07) is -0.408. The molecule has 0 radical (unpaired) electrons. The minimum Gasteiger partial charge on any atom is -0.464 e. The number of nitrogens with one attached hydrogen (secondary N) is 2. The van der Waals surface area contributed by atoms with Gasteiger partial charge in [0.25, 0.3) is 0 Å². The molecule has 0 aliphatic heterocycles. The maximum atomic E-state index is 12.5. The Labute approximate surface area is 161 Å². The molecule has 146 valence electrons. The summed E-state index contributed by atoms with van der Waals surface area (Å²) in [4.78, 5) is 36.3. The van der Waals surface area contributed by atoms with Crippen LogP contribution in [0.3, 0.4) is 0 Å². The Balaban J connectivity index is 4.75. The topological polar surface area (TPSA) is 84.5 Å². The summed E-state index contributed by atoms with van der Waals surface area (Å²) < 4.78 is 5.36. The molecule has 0 aliphatic carbocycles. The SMILES string of the molecule is CCC[C@H](NC(=O)CBr)C(=O)N[C@@H](CCC)C(=O)OCC[Si](C)(C)C. The summed E-state index contributed by atoms with van der Waals surface area (Å²) in [6.45, 7) is 10.9. The second-order valence-electron chi connectivity index (χ2n) is 7.37. The molecule has 0 fully saturated rings. The molecular formula is C17H33BrN2O4Si. The van der Waals surface area contributed by atoms with Crippen LogP contribution < -0.4 is 10.6 Å². The van der Waals surface area contributed by atoms with Gasteiger partial charge in [0.05, 0.1) is 11.9 Å². The average molecular weight is 437 g/mol. The molecule has 2 N–H and O–H groups in total. The van der Waals surface area contributed by atoms with Gasteiger partial charge in [-0.15, -0.1) is 0 Å². The third kappa shape index (κ3) is 11.4. The van der Waals surface area contributed by atoms with Gasteiger partial charge in [0.1, 0.15) is 12.1 Å². The van der Waals surface area contributed by atoms with Crippen molar-refractivity contribution in [3.63, 3.8) is 0 Å². The van der Waals surface area contributed by atoms with Crippen LogP contribution in [0.25, 0.3) is 0 Å². The molecule has 0 heterocycles. The molecule has 0 saturated heterocycles. The lowest BCUT2D eigenvalue weighted by atomic mass is 10.1. The van der Waals surface area contributed by atoms with Crippen LogP contribution in [0.5, 0.6) is 0 Å². The van der Waals surface area contributed by atoms with Crippen molar-refractivity contribution in [2.24, 2.45) is 0 Å². The van der Waals surface area contributed by atoms with Gasteiger partial charge in [-0.3, -0.25) is 9.59 Å². The monoisotopic (exact) mass is 436 g/mol. The van der Waals surface area contributed by atoms with Gasteiger partial charge < -0.3 is 15.4 Å². The van der Waals surface area contributed by atoms with E-state index in [4.69, 9.17) is 4.74 Å². The highest BCUT2D eigenvalue weighted by atomic mass is 79.9. The molecule has 0 saturated carbocycles. The number of halogens is 1. The van der Waals surface area contributed by atoms with E-state index in [1.54, 1.807) is 0 Å². The first-order valence-electron chi connectivity index (χ1n) is 8.96. The molecule has 0 aromatic rings. The number of amides is 2. The van der Waals surface area contributed by atoms with E-state index in [0.29, 0.717) is 19.4 Å². The Kier molecular flexibility index (Phi) is 12.0. The van der Waals surface area contributed by atoms with Crippen LogP contribution in [0.2, 0.25) is 25.7 Å². The van der Waals surface area contributed by atoms with Crippen LogP contribution in [0, 0.1) is 0 Å². The van der Waals surface area contributed by atoms with Crippen molar-refractivity contribution in [2.75, 3.05) is 11.9 Å². The number of ether oxygens (including phenoxy) is 1. The number of carbonyl (C=O) groups excluding carboxylic acids is 3. The smallest absolute Gasteiger partial charge is 0.328 e. The van der Waals surface area contributed by atoms with Gasteiger partial charge in [-0.25, -0.2) is 4.79 Å². The number of alkyl halides is 1. The Morgan fingerprint density at radius 1 is 1.00 bits per heavy atom. The van der Waals surface area contributed by atoms with Crippen molar-refractivity contribution < 1.29 is 19.1 Å². The van der Waals surface area contributed by atoms with Gasteiger partial charge in [-0.2, -0.15) is 0 Å². The Morgan fingerprint density at radius 3 is 2.04 bits per heavy atom. The van der Waals surface area contributed by atoms with E-state index in [2.05, 4.69) is 46.2 Å². The molecule has 8 heteroatoms. The lowest BCUT2D eigenvalue weighted by molar-refractivity contribution is -0.147. The predicted octanol–water partition coefficient (Wildman–Crippen LogP) is 2.83. The predicted molar refractivity (Wildman–Crippen MR) is 107 cm³/mol. The highest BCUT2D eigenvalue weighted by Gasteiger charge is 2.27. The van der Waals surface area contributed by atoms with E-state index < -0.39 is 26.1 Å². The molecule has 0 spiro atoms. The van der Waals surface area contributed by atoms with Crippen molar-refractivity contribution in [3.8, 4) is 0 Å². The quantitative estimate of drug-likeness (QED) is 0.279. The second-order valence-corrected chi connectivity index (χ2v) is 13.6. The van der Waals surface area contributed by atoms with E-state index in [0.717, 1.165) is 18.9 Å². The van der Waals surface area contributed by atoms with Crippen molar-refractivity contribution >= 4 is 41.8 Å². The molecule has 0 aliphatic rings. The summed E-state index contributed by atoms with van der Waals surface area (Å²) in [6.07, 6.45) is 2.54. The number of rotatable bonds is 12. The highest BCUT2D eigenvalue weighted by molar-refractivity contribution is 9.09. The maximum absolute atomic E-state index is 12.5. The van der Waals surface area contributed by atoms with E-state index >= 15 is 0 Å². The molecule has 0 aromatic heterocycles. The number of carbonyl (C=O) groups is 3. The van der Waals surface area contributed by atoms with Gasteiger partial charge in [-0.05, 0) is 18.9 Å². The molecule has 0 bridgehead atoms. The normalized spacial score (nSPS) is 13.7. The molecule has 2 atom stereocenters. The number of hydrogen-bond donors (Lipinski definition) is 2. The Hall–Kier alpha value is -0.893. The van der Waals surface area contributed by atoms with E-state index in [-0.39, 0.29) is 17.1 Å². The van der Waals surface area contributed by atoms with Crippen LogP contribution in [0.15, 0.2) is 0 Å². The van der Waals surface area contributed by atoms with E-state index in [1.807, 2.05) is 13.8 Å². The highest BCUT2D eigenvalue weighted by Crippen LogP contribution is 2.09. The molecule has 2 amide bonds. The van der Waals surface area contributed by atoms with Crippen LogP contribution in [0.4, 0.5) is 0 Å². The van der Waals surface area contributed by atoms with Crippen molar-refractivity contribution in [2.45, 2.75) is 77.3 Å². The fourth-order valence-electron chi connectivity index (χ4n) is 2.16. The van der Waals surface area contributed by atoms with Crippen molar-refractivity contribution in [1.82, 2.24) is 10.6 Å². The Morgan fingerprint density at radius 2 is 1.56 bits per heavy atom. The van der Waals surface area contributed by atoms with Gasteiger partial charge in [0, 0.05) is 8.07 Å². The average Bonchev–Trinajstić information content (AvgIpc) is 2.52. The van der Waals surface area contributed by atoms with Gasteiger partial charge in [0.15, 0.2) is 0 Å². The number of esters is 1. The van der Waals surface area contributed by atoms with Gasteiger partial charge >= 0.3 is 5.97 Å². The summed E-state index contributed by atoms with van der Waals surface area (Å²) in [5.41, 5.74) is 0. The van der Waals surface area contributed by atoms with Gasteiger partial charge in [0.2, 0.25) is 11.8 Å². The zero-order valence-electron chi connectivity index (χ0n) is 16.1. The molecule has 0 aromatic carbocycles. The molecule has 0 rings (SSSR count). The van der Waals surface area contributed by atoms with Crippen LogP contribution in [0.1, 0.15) is 39.5 Å². The summed E-state index contributed by atoms with van der Waals surface area (Å²) in [5, 5.41) is 5.56. The number of hydrogen-bond acceptors (Lipinski definition) is 4. The van der Waals surface area contributed by atoms with Crippen LogP contribution in [-0.2, 0) is 19.1 Å². The van der Waals surface area contributed by atoms with E-state index in [1.165, 1.54) is 0 Å². The fourth-order valence-corrected chi connectivity index (χ4v) is 3.04. The van der Waals surface area contributed by atoms with Crippen molar-refractivity contribution in [3.05, 3.63) is 0 Å². The Bertz CT molecular complexity index is 441. The molecule has 25 heavy (non-hydrogen) atoms. The third-order valence-electron chi connectivity index (χ3n) is 3.63. The third-order valence-corrected chi connectivity index (χ3v) is 5.84. The minimum absolute atomic E-state index is 0.137. The molecule has 6 nitrogen and oxygen atoms in total. The fraction of sp³-hybridized carbons (Fsp3) is 0.824. The maximum Gasteiger partial charge on any atom is 0.328 e. The summed E-state index contributed by atoms with van der Waals surface area (Å²) >= 11 is 3.07. The molecule has 0 unspecified atom stereocenters. The zero-order valence-corrected chi connectivity index (χ0v) is 18.7. The standard InChI is InChI=1S/C17H33BrN2O4Si/c1-6-8-13(19-15(21)12-18)16(22)20-14(9-7-2)17(23)24-10-11-25(3,4)5/h13-14H,6-12H2,1-5H3,(H,19,21)(H,20,22)/t13-,14-/m0/s1.